The van der Waals surface area contributed by atoms with Crippen LogP contribution >= 0.6 is 0 Å². The second-order valence-electron chi connectivity index (χ2n) is 4.39. The molecular weight excluding hydrogens is 140 g/mol. The molecule has 1 amide bonds. The molecule has 4 N–H and O–H groups in total. The first-order valence-corrected chi connectivity index (χ1v) is 3.87. The van der Waals surface area contributed by atoms with E-state index in [0.29, 0.717) is 0 Å². The normalized spacial score (nSPS) is 32.5. The van der Waals surface area contributed by atoms with Crippen molar-refractivity contribution in [3.05, 3.63) is 0 Å². The molecule has 0 aromatic rings. The molecule has 0 radical (unpaired) electrons. The molecule has 11 heavy (non-hydrogen) atoms. The fourth-order valence-electron chi connectivity index (χ4n) is 1.66. The SMILES string of the molecule is CC1(C)CC1C(C)(N)C(N)=O. The van der Waals surface area contributed by atoms with Crippen molar-refractivity contribution in [1.29, 1.82) is 0 Å². The molecule has 0 aromatic carbocycles. The summed E-state index contributed by atoms with van der Waals surface area (Å²) < 4.78 is 0. The van der Waals surface area contributed by atoms with E-state index < -0.39 is 11.4 Å². The van der Waals surface area contributed by atoms with Gasteiger partial charge in [-0.1, -0.05) is 13.8 Å². The van der Waals surface area contributed by atoms with Gasteiger partial charge in [-0.15, -0.1) is 0 Å². The van der Waals surface area contributed by atoms with E-state index in [1.807, 2.05) is 0 Å². The highest BCUT2D eigenvalue weighted by atomic mass is 16.1. The molecule has 0 bridgehead atoms. The Morgan fingerprint density at radius 1 is 1.64 bits per heavy atom. The van der Waals surface area contributed by atoms with E-state index in [1.54, 1.807) is 6.92 Å². The summed E-state index contributed by atoms with van der Waals surface area (Å²) in [6.45, 7) is 5.92. The maximum Gasteiger partial charge on any atom is 0.237 e. The lowest BCUT2D eigenvalue weighted by Gasteiger charge is -2.22. The minimum atomic E-state index is -0.816. The molecule has 3 heteroatoms. The number of carbonyl (C=O) groups is 1. The Kier molecular flexibility index (Phi) is 1.53. The number of amides is 1. The van der Waals surface area contributed by atoms with E-state index in [4.69, 9.17) is 11.5 Å². The van der Waals surface area contributed by atoms with Crippen molar-refractivity contribution in [1.82, 2.24) is 0 Å². The van der Waals surface area contributed by atoms with Gasteiger partial charge < -0.3 is 11.5 Å². The average molecular weight is 156 g/mol. The third kappa shape index (κ3) is 1.25. The van der Waals surface area contributed by atoms with Crippen LogP contribution in [0.15, 0.2) is 0 Å². The van der Waals surface area contributed by atoms with Crippen LogP contribution in [0.5, 0.6) is 0 Å². The number of nitrogens with two attached hydrogens (primary N) is 2. The highest BCUT2D eigenvalue weighted by Crippen LogP contribution is 2.56. The summed E-state index contributed by atoms with van der Waals surface area (Å²) in [5, 5.41) is 0. The van der Waals surface area contributed by atoms with E-state index in [2.05, 4.69) is 13.8 Å². The molecular formula is C8H16N2O. The van der Waals surface area contributed by atoms with Gasteiger partial charge in [-0.2, -0.15) is 0 Å². The first-order valence-electron chi connectivity index (χ1n) is 3.87. The monoisotopic (exact) mass is 156 g/mol. The van der Waals surface area contributed by atoms with Gasteiger partial charge in [0.15, 0.2) is 0 Å². The van der Waals surface area contributed by atoms with Gasteiger partial charge in [-0.05, 0) is 24.7 Å². The third-order valence-corrected chi connectivity index (χ3v) is 2.77. The lowest BCUT2D eigenvalue weighted by Crippen LogP contribution is -2.52. The van der Waals surface area contributed by atoms with Gasteiger partial charge in [-0.25, -0.2) is 0 Å². The topological polar surface area (TPSA) is 69.1 Å². The predicted octanol–water partition coefficient (Wildman–Crippen LogP) is 0.235. The molecule has 0 heterocycles. The Labute approximate surface area is 67.1 Å². The van der Waals surface area contributed by atoms with Crippen LogP contribution in [0.1, 0.15) is 27.2 Å². The summed E-state index contributed by atoms with van der Waals surface area (Å²) in [6.07, 6.45) is 1.00. The van der Waals surface area contributed by atoms with Crippen LogP contribution < -0.4 is 11.5 Å². The Bertz CT molecular complexity index is 196. The fraction of sp³-hybridized carbons (Fsp3) is 0.875. The molecule has 1 fully saturated rings. The van der Waals surface area contributed by atoms with Gasteiger partial charge in [0, 0.05) is 0 Å². The molecule has 1 saturated carbocycles. The smallest absolute Gasteiger partial charge is 0.237 e. The fourth-order valence-corrected chi connectivity index (χ4v) is 1.66. The van der Waals surface area contributed by atoms with Gasteiger partial charge in [0.25, 0.3) is 0 Å². The summed E-state index contributed by atoms with van der Waals surface area (Å²) in [7, 11) is 0. The van der Waals surface area contributed by atoms with Gasteiger partial charge in [0.1, 0.15) is 0 Å². The van der Waals surface area contributed by atoms with Crippen LogP contribution in [-0.2, 0) is 4.79 Å². The van der Waals surface area contributed by atoms with Crippen molar-refractivity contribution < 1.29 is 4.79 Å². The number of rotatable bonds is 2. The molecule has 0 spiro atoms. The molecule has 64 valence electrons. The molecule has 3 nitrogen and oxygen atoms in total. The van der Waals surface area contributed by atoms with Crippen LogP contribution in [0, 0.1) is 11.3 Å². The lowest BCUT2D eigenvalue weighted by molar-refractivity contribution is -0.123. The summed E-state index contributed by atoms with van der Waals surface area (Å²) in [5.41, 5.74) is 10.3. The Morgan fingerprint density at radius 3 is 2.09 bits per heavy atom. The zero-order valence-electron chi connectivity index (χ0n) is 7.35. The molecule has 0 aromatic heterocycles. The Balaban J connectivity index is 2.70. The van der Waals surface area contributed by atoms with Crippen molar-refractivity contribution >= 4 is 5.91 Å². The van der Waals surface area contributed by atoms with Crippen molar-refractivity contribution in [2.24, 2.45) is 22.8 Å². The number of hydrogen-bond acceptors (Lipinski definition) is 2. The minimum absolute atomic E-state index is 0.207. The van der Waals surface area contributed by atoms with E-state index in [1.165, 1.54) is 0 Å². The van der Waals surface area contributed by atoms with Gasteiger partial charge in [0.2, 0.25) is 5.91 Å². The van der Waals surface area contributed by atoms with Crippen molar-refractivity contribution in [2.45, 2.75) is 32.7 Å². The molecule has 1 aliphatic rings. The molecule has 1 rings (SSSR count). The van der Waals surface area contributed by atoms with E-state index in [0.717, 1.165) is 6.42 Å². The summed E-state index contributed by atoms with van der Waals surface area (Å²) in [5.74, 6) is -0.138. The second kappa shape index (κ2) is 1.97. The standard InChI is InChI=1S/C8H16N2O/c1-7(2)4-5(7)8(3,10)6(9)11/h5H,4,10H2,1-3H3,(H2,9,11). The minimum Gasteiger partial charge on any atom is -0.368 e. The highest BCUT2D eigenvalue weighted by Gasteiger charge is 2.56. The van der Waals surface area contributed by atoms with Crippen LogP contribution in [-0.4, -0.2) is 11.4 Å². The van der Waals surface area contributed by atoms with Crippen LogP contribution in [0.3, 0.4) is 0 Å². The van der Waals surface area contributed by atoms with Gasteiger partial charge in [-0.3, -0.25) is 4.79 Å². The number of primary amides is 1. The Morgan fingerprint density at radius 2 is 2.00 bits per heavy atom. The molecule has 2 unspecified atom stereocenters. The van der Waals surface area contributed by atoms with Crippen LogP contribution in [0.4, 0.5) is 0 Å². The van der Waals surface area contributed by atoms with E-state index in [-0.39, 0.29) is 11.3 Å². The van der Waals surface area contributed by atoms with Crippen LogP contribution in [0.2, 0.25) is 0 Å². The van der Waals surface area contributed by atoms with E-state index in [9.17, 15) is 4.79 Å². The maximum absolute atomic E-state index is 10.9. The van der Waals surface area contributed by atoms with E-state index >= 15 is 0 Å². The number of carbonyl (C=O) groups excluding carboxylic acids is 1. The first-order chi connectivity index (χ1) is 4.78. The Hall–Kier alpha value is -0.570. The third-order valence-electron chi connectivity index (χ3n) is 2.77. The highest BCUT2D eigenvalue weighted by molar-refractivity contribution is 5.84. The second-order valence-corrected chi connectivity index (χ2v) is 4.39. The van der Waals surface area contributed by atoms with Gasteiger partial charge >= 0.3 is 0 Å². The summed E-state index contributed by atoms with van der Waals surface area (Å²) in [6, 6.07) is 0. The zero-order chi connectivity index (χ0) is 8.86. The average Bonchev–Trinajstić information content (AvgIpc) is 2.40. The quantitative estimate of drug-likeness (QED) is 0.601. The van der Waals surface area contributed by atoms with Crippen LogP contribution in [0.25, 0.3) is 0 Å². The van der Waals surface area contributed by atoms with Gasteiger partial charge in [0.05, 0.1) is 5.54 Å². The molecule has 0 saturated heterocycles. The van der Waals surface area contributed by atoms with Crippen molar-refractivity contribution in [3.63, 3.8) is 0 Å². The molecule has 0 aliphatic heterocycles. The molecule has 2 atom stereocenters. The zero-order valence-corrected chi connectivity index (χ0v) is 7.35. The lowest BCUT2D eigenvalue weighted by atomic mass is 9.91. The number of hydrogen-bond donors (Lipinski definition) is 2. The summed E-state index contributed by atoms with van der Waals surface area (Å²) >= 11 is 0. The first kappa shape index (κ1) is 8.53. The molecule has 1 aliphatic carbocycles. The summed E-state index contributed by atoms with van der Waals surface area (Å²) in [4.78, 5) is 10.9. The maximum atomic E-state index is 10.9. The van der Waals surface area contributed by atoms with Crippen molar-refractivity contribution in [3.8, 4) is 0 Å². The van der Waals surface area contributed by atoms with Crippen molar-refractivity contribution in [2.75, 3.05) is 0 Å². The largest absolute Gasteiger partial charge is 0.368 e. The predicted molar refractivity (Wildman–Crippen MR) is 43.7 cm³/mol.